The maximum atomic E-state index is 5.72. The molecular weight excluding hydrogens is 340 g/mol. The second kappa shape index (κ2) is 8.54. The maximum absolute atomic E-state index is 5.72. The van der Waals surface area contributed by atoms with Crippen LogP contribution in [0.4, 0.5) is 5.69 Å². The topological polar surface area (TPSA) is 33.3 Å². The molecule has 0 aliphatic rings. The highest BCUT2D eigenvalue weighted by molar-refractivity contribution is 7.80. The molecule has 0 saturated heterocycles. The molecule has 4 heteroatoms. The molecule has 0 saturated carbocycles. The van der Waals surface area contributed by atoms with Crippen molar-refractivity contribution in [2.24, 2.45) is 0 Å². The van der Waals surface area contributed by atoms with Crippen LogP contribution in [-0.2, 0) is 5.41 Å². The Kier molecular flexibility index (Phi) is 6.65. The molecule has 0 radical (unpaired) electrons. The monoisotopic (exact) mass is 370 g/mol. The molecule has 0 aromatic heterocycles. The van der Waals surface area contributed by atoms with Crippen LogP contribution in [0.2, 0.25) is 0 Å². The molecule has 2 aromatic rings. The second-order valence-electron chi connectivity index (χ2n) is 7.89. The zero-order chi connectivity index (χ0) is 19.3. The largest absolute Gasteiger partial charge is 0.491 e. The van der Waals surface area contributed by atoms with Crippen LogP contribution >= 0.6 is 12.2 Å². The Morgan fingerprint density at radius 1 is 1.00 bits per heavy atom. The molecule has 3 nitrogen and oxygen atoms in total. The van der Waals surface area contributed by atoms with Crippen molar-refractivity contribution in [3.63, 3.8) is 0 Å². The number of benzene rings is 2. The van der Waals surface area contributed by atoms with Gasteiger partial charge in [-0.25, -0.2) is 0 Å². The molecule has 0 bridgehead atoms. The standard InChI is InChI=1S/C22H30N2OS/c1-15(2)25-20-9-7-8-19(14-20)24-21(26)23-16(3)17-10-12-18(13-11-17)22(4,5)6/h7-16H,1-6H3,(H2,23,24,26)/t16-/m0/s1. The lowest BCUT2D eigenvalue weighted by molar-refractivity contribution is 0.242. The first-order valence-electron chi connectivity index (χ1n) is 9.10. The fourth-order valence-corrected chi connectivity index (χ4v) is 2.93. The van der Waals surface area contributed by atoms with Crippen molar-refractivity contribution in [3.8, 4) is 5.75 Å². The van der Waals surface area contributed by atoms with E-state index in [2.05, 4.69) is 62.6 Å². The van der Waals surface area contributed by atoms with Crippen molar-refractivity contribution < 1.29 is 4.74 Å². The summed E-state index contributed by atoms with van der Waals surface area (Å²) >= 11 is 5.47. The van der Waals surface area contributed by atoms with Crippen LogP contribution in [0, 0.1) is 0 Å². The Hall–Kier alpha value is -2.07. The van der Waals surface area contributed by atoms with Crippen LogP contribution < -0.4 is 15.4 Å². The Labute approximate surface area is 163 Å². The van der Waals surface area contributed by atoms with E-state index in [9.17, 15) is 0 Å². The van der Waals surface area contributed by atoms with Crippen molar-refractivity contribution in [2.45, 2.75) is 59.1 Å². The lowest BCUT2D eigenvalue weighted by Gasteiger charge is -2.21. The number of hydrogen-bond donors (Lipinski definition) is 2. The van der Waals surface area contributed by atoms with Crippen LogP contribution in [-0.4, -0.2) is 11.2 Å². The molecule has 0 aliphatic carbocycles. The van der Waals surface area contributed by atoms with Crippen molar-refractivity contribution in [2.75, 3.05) is 5.32 Å². The molecule has 0 fully saturated rings. The van der Waals surface area contributed by atoms with Gasteiger partial charge in [-0.3, -0.25) is 0 Å². The fraction of sp³-hybridized carbons (Fsp3) is 0.409. The number of thiocarbonyl (C=S) groups is 1. The van der Waals surface area contributed by atoms with Gasteiger partial charge in [0.05, 0.1) is 12.1 Å². The van der Waals surface area contributed by atoms with E-state index in [1.54, 1.807) is 0 Å². The second-order valence-corrected chi connectivity index (χ2v) is 8.29. The molecule has 0 aliphatic heterocycles. The van der Waals surface area contributed by atoms with Gasteiger partial charge < -0.3 is 15.4 Å². The highest BCUT2D eigenvalue weighted by atomic mass is 32.1. The minimum absolute atomic E-state index is 0.124. The van der Waals surface area contributed by atoms with E-state index >= 15 is 0 Å². The molecular formula is C22H30N2OS. The summed E-state index contributed by atoms with van der Waals surface area (Å²) in [4.78, 5) is 0. The zero-order valence-corrected chi connectivity index (χ0v) is 17.4. The first-order valence-corrected chi connectivity index (χ1v) is 9.50. The summed E-state index contributed by atoms with van der Waals surface area (Å²) in [5.74, 6) is 0.832. The van der Waals surface area contributed by atoms with Gasteiger partial charge >= 0.3 is 0 Å². The number of nitrogens with one attached hydrogen (secondary N) is 2. The predicted molar refractivity (Wildman–Crippen MR) is 115 cm³/mol. The van der Waals surface area contributed by atoms with Crippen molar-refractivity contribution in [3.05, 3.63) is 59.7 Å². The Morgan fingerprint density at radius 2 is 1.65 bits per heavy atom. The van der Waals surface area contributed by atoms with Gasteiger partial charge in [0.2, 0.25) is 0 Å². The van der Waals surface area contributed by atoms with E-state index in [0.717, 1.165) is 11.4 Å². The SMILES string of the molecule is CC(C)Oc1cccc(NC(=S)N[C@@H](C)c2ccc(C(C)(C)C)cc2)c1. The van der Waals surface area contributed by atoms with Gasteiger partial charge in [-0.1, -0.05) is 51.1 Å². The number of ether oxygens (including phenoxy) is 1. The molecule has 0 spiro atoms. The van der Waals surface area contributed by atoms with E-state index < -0.39 is 0 Å². The summed E-state index contributed by atoms with van der Waals surface area (Å²) in [5.41, 5.74) is 3.61. The van der Waals surface area contributed by atoms with E-state index in [1.165, 1.54) is 11.1 Å². The first kappa shape index (κ1) is 20.2. The van der Waals surface area contributed by atoms with Gasteiger partial charge in [-0.2, -0.15) is 0 Å². The first-order chi connectivity index (χ1) is 12.1. The summed E-state index contributed by atoms with van der Waals surface area (Å²) in [6.45, 7) is 12.8. The van der Waals surface area contributed by atoms with Crippen LogP contribution in [0.15, 0.2) is 48.5 Å². The quantitative estimate of drug-likeness (QED) is 0.650. The molecule has 26 heavy (non-hydrogen) atoms. The molecule has 1 atom stereocenters. The molecule has 140 valence electrons. The minimum Gasteiger partial charge on any atom is -0.491 e. The van der Waals surface area contributed by atoms with E-state index in [4.69, 9.17) is 17.0 Å². The van der Waals surface area contributed by atoms with Gasteiger partial charge in [0, 0.05) is 11.8 Å². The normalized spacial score (nSPS) is 12.6. The van der Waals surface area contributed by atoms with Crippen LogP contribution in [0.5, 0.6) is 5.75 Å². The highest BCUT2D eigenvalue weighted by Crippen LogP contribution is 2.24. The summed E-state index contributed by atoms with van der Waals surface area (Å²) in [6, 6.07) is 16.7. The summed E-state index contributed by atoms with van der Waals surface area (Å²) in [5, 5.41) is 7.17. The number of rotatable bonds is 5. The van der Waals surface area contributed by atoms with Crippen LogP contribution in [0.25, 0.3) is 0 Å². The third kappa shape index (κ3) is 6.03. The average Bonchev–Trinajstić information content (AvgIpc) is 2.53. The summed E-state index contributed by atoms with van der Waals surface area (Å²) in [6.07, 6.45) is 0.145. The van der Waals surface area contributed by atoms with E-state index in [-0.39, 0.29) is 17.6 Å². The third-order valence-corrected chi connectivity index (χ3v) is 4.31. The molecule has 2 aromatic carbocycles. The third-order valence-electron chi connectivity index (χ3n) is 4.09. The van der Waals surface area contributed by atoms with E-state index in [1.807, 2.05) is 38.1 Å². The van der Waals surface area contributed by atoms with E-state index in [0.29, 0.717) is 5.11 Å². The molecule has 2 rings (SSSR count). The molecule has 2 N–H and O–H groups in total. The lowest BCUT2D eigenvalue weighted by atomic mass is 9.86. The van der Waals surface area contributed by atoms with Crippen molar-refractivity contribution in [1.29, 1.82) is 0 Å². The summed E-state index contributed by atoms with van der Waals surface area (Å²) in [7, 11) is 0. The average molecular weight is 371 g/mol. The Bertz CT molecular complexity index is 733. The van der Waals surface area contributed by atoms with Gasteiger partial charge in [0.1, 0.15) is 5.75 Å². The smallest absolute Gasteiger partial charge is 0.171 e. The van der Waals surface area contributed by atoms with Crippen LogP contribution in [0.3, 0.4) is 0 Å². The van der Waals surface area contributed by atoms with Crippen molar-refractivity contribution in [1.82, 2.24) is 5.32 Å². The zero-order valence-electron chi connectivity index (χ0n) is 16.6. The number of anilines is 1. The summed E-state index contributed by atoms with van der Waals surface area (Å²) < 4.78 is 5.72. The molecule has 0 amide bonds. The fourth-order valence-electron chi connectivity index (χ4n) is 2.64. The number of hydrogen-bond acceptors (Lipinski definition) is 2. The minimum atomic E-state index is 0.124. The van der Waals surface area contributed by atoms with Crippen LogP contribution in [0.1, 0.15) is 58.7 Å². The highest BCUT2D eigenvalue weighted by Gasteiger charge is 2.14. The molecule has 0 heterocycles. The van der Waals surface area contributed by atoms with Gasteiger partial charge in [0.15, 0.2) is 5.11 Å². The Balaban J connectivity index is 1.97. The van der Waals surface area contributed by atoms with Gasteiger partial charge in [-0.15, -0.1) is 0 Å². The Morgan fingerprint density at radius 3 is 2.23 bits per heavy atom. The van der Waals surface area contributed by atoms with Crippen molar-refractivity contribution >= 4 is 23.0 Å². The molecule has 0 unspecified atom stereocenters. The van der Waals surface area contributed by atoms with Gasteiger partial charge in [0.25, 0.3) is 0 Å². The van der Waals surface area contributed by atoms with Gasteiger partial charge in [-0.05, 0) is 61.7 Å². The maximum Gasteiger partial charge on any atom is 0.171 e. The lowest BCUT2D eigenvalue weighted by Crippen LogP contribution is -2.31. The predicted octanol–water partition coefficient (Wildman–Crippen LogP) is 5.82.